The highest BCUT2D eigenvalue weighted by Crippen LogP contribution is 2.14. The Hall–Kier alpha value is -1.21. The van der Waals surface area contributed by atoms with Gasteiger partial charge in [-0.15, -0.1) is 0 Å². The van der Waals surface area contributed by atoms with Crippen LogP contribution < -0.4 is 5.32 Å². The van der Waals surface area contributed by atoms with Crippen molar-refractivity contribution in [2.24, 2.45) is 0 Å². The zero-order valence-electron chi connectivity index (χ0n) is 24.0. The summed E-state index contributed by atoms with van der Waals surface area (Å²) in [4.78, 5) is 12.3. The highest BCUT2D eigenvalue weighted by molar-refractivity contribution is 5.80. The quantitative estimate of drug-likeness (QED) is 0.0691. The van der Waals surface area contributed by atoms with E-state index in [1.807, 2.05) is 13.0 Å². The van der Waals surface area contributed by atoms with E-state index in [0.717, 1.165) is 38.5 Å². The first-order valence-corrected chi connectivity index (χ1v) is 15.2. The molecule has 0 heterocycles. The molecule has 5 N–H and O–H groups in total. The molecule has 4 unspecified atom stereocenters. The van der Waals surface area contributed by atoms with Gasteiger partial charge in [0.1, 0.15) is 12.2 Å². The fourth-order valence-corrected chi connectivity index (χ4v) is 4.48. The van der Waals surface area contributed by atoms with Crippen LogP contribution in [0.2, 0.25) is 0 Å². The molecular formula is C31H59NO5. The van der Waals surface area contributed by atoms with Crippen LogP contribution in [0.1, 0.15) is 136 Å². The van der Waals surface area contributed by atoms with Crippen molar-refractivity contribution in [2.75, 3.05) is 6.61 Å². The van der Waals surface area contributed by atoms with E-state index in [-0.39, 0.29) is 0 Å². The average molecular weight is 526 g/mol. The van der Waals surface area contributed by atoms with Crippen LogP contribution >= 0.6 is 0 Å². The molecule has 1 amide bonds. The maximum absolute atomic E-state index is 12.3. The van der Waals surface area contributed by atoms with Crippen molar-refractivity contribution in [1.29, 1.82) is 0 Å². The third-order valence-electron chi connectivity index (χ3n) is 6.99. The second-order valence-corrected chi connectivity index (χ2v) is 10.5. The van der Waals surface area contributed by atoms with E-state index in [2.05, 4.69) is 30.5 Å². The number of nitrogens with one attached hydrogen (secondary N) is 1. The molecule has 0 aliphatic rings. The maximum atomic E-state index is 12.3. The fraction of sp³-hybridized carbons (Fsp3) is 0.839. The summed E-state index contributed by atoms with van der Waals surface area (Å²) in [6.45, 7) is 3.75. The first kappa shape index (κ1) is 35.8. The number of amides is 1. The molecule has 0 saturated carbocycles. The largest absolute Gasteiger partial charge is 0.394 e. The molecular weight excluding hydrogens is 466 g/mol. The zero-order valence-corrected chi connectivity index (χ0v) is 24.0. The van der Waals surface area contributed by atoms with Crippen molar-refractivity contribution in [1.82, 2.24) is 5.32 Å². The third-order valence-corrected chi connectivity index (χ3v) is 6.99. The number of unbranched alkanes of at least 4 members (excludes halogenated alkanes) is 14. The normalized spacial score (nSPS) is 15.3. The fourth-order valence-electron chi connectivity index (χ4n) is 4.48. The van der Waals surface area contributed by atoms with E-state index in [9.17, 15) is 25.2 Å². The van der Waals surface area contributed by atoms with Gasteiger partial charge in [0.2, 0.25) is 5.91 Å². The Balaban J connectivity index is 3.92. The van der Waals surface area contributed by atoms with Crippen LogP contribution in [0, 0.1) is 0 Å². The van der Waals surface area contributed by atoms with Crippen LogP contribution in [0.15, 0.2) is 24.3 Å². The molecule has 6 nitrogen and oxygen atoms in total. The minimum Gasteiger partial charge on any atom is -0.394 e. The number of carbonyl (C=O) groups is 1. The molecule has 6 heteroatoms. The first-order chi connectivity index (χ1) is 18.0. The van der Waals surface area contributed by atoms with Crippen LogP contribution in [0.4, 0.5) is 0 Å². The summed E-state index contributed by atoms with van der Waals surface area (Å²) in [5.74, 6) is -0.603. The van der Waals surface area contributed by atoms with Gasteiger partial charge in [-0.3, -0.25) is 4.79 Å². The van der Waals surface area contributed by atoms with Crippen molar-refractivity contribution in [3.05, 3.63) is 24.3 Å². The van der Waals surface area contributed by atoms with Gasteiger partial charge >= 0.3 is 0 Å². The van der Waals surface area contributed by atoms with Crippen LogP contribution in [0.5, 0.6) is 0 Å². The highest BCUT2D eigenvalue weighted by atomic mass is 16.3. The highest BCUT2D eigenvalue weighted by Gasteiger charge is 2.28. The Morgan fingerprint density at radius 3 is 1.76 bits per heavy atom. The summed E-state index contributed by atoms with van der Waals surface area (Å²) >= 11 is 0. The third kappa shape index (κ3) is 21.4. The number of aliphatic hydroxyl groups is 4. The summed E-state index contributed by atoms with van der Waals surface area (Å²) in [5.41, 5.74) is 0. The standard InChI is InChI=1S/C31H59NO5/c1-3-5-7-9-11-13-14-15-16-17-19-21-23-25-29(35)31(37)32-27(26-33)30(36)28(34)24-22-20-18-12-10-8-6-4-2/h4,6,12,18,27-30,33-36H,3,5,7-11,13-17,19-26H2,1-2H3,(H,32,37)/b6-4+,18-12+. The van der Waals surface area contributed by atoms with Crippen molar-refractivity contribution >= 4 is 5.91 Å². The molecule has 0 aromatic heterocycles. The van der Waals surface area contributed by atoms with Crippen molar-refractivity contribution in [3.63, 3.8) is 0 Å². The summed E-state index contributed by atoms with van der Waals surface area (Å²) < 4.78 is 0. The molecule has 0 aliphatic carbocycles. The van der Waals surface area contributed by atoms with Gasteiger partial charge in [-0.2, -0.15) is 0 Å². The predicted octanol–water partition coefficient (Wildman–Crippen LogP) is 6.11. The molecule has 0 radical (unpaired) electrons. The molecule has 0 aliphatic heterocycles. The Bertz CT molecular complexity index is 566. The van der Waals surface area contributed by atoms with Gasteiger partial charge in [-0.1, -0.05) is 115 Å². The lowest BCUT2D eigenvalue weighted by Crippen LogP contribution is -2.53. The van der Waals surface area contributed by atoms with Gasteiger partial charge in [0.05, 0.1) is 18.8 Å². The summed E-state index contributed by atoms with van der Waals surface area (Å²) in [7, 11) is 0. The topological polar surface area (TPSA) is 110 Å². The van der Waals surface area contributed by atoms with E-state index in [4.69, 9.17) is 0 Å². The van der Waals surface area contributed by atoms with Gasteiger partial charge in [0.25, 0.3) is 0 Å². The van der Waals surface area contributed by atoms with Crippen LogP contribution in [-0.4, -0.2) is 57.3 Å². The second kappa shape index (κ2) is 26.4. The van der Waals surface area contributed by atoms with Gasteiger partial charge < -0.3 is 25.7 Å². The Morgan fingerprint density at radius 1 is 0.703 bits per heavy atom. The minimum atomic E-state index is -1.28. The summed E-state index contributed by atoms with van der Waals surface area (Å²) in [5, 5.41) is 42.9. The molecule has 0 spiro atoms. The molecule has 0 fully saturated rings. The van der Waals surface area contributed by atoms with Gasteiger partial charge in [-0.05, 0) is 45.4 Å². The SMILES string of the molecule is C/C=C/CC/C=C/CCCC(O)C(O)C(CO)NC(=O)C(O)CCCCCCCCCCCCCCC. The van der Waals surface area contributed by atoms with E-state index in [0.29, 0.717) is 19.3 Å². The minimum absolute atomic E-state index is 0.362. The lowest BCUT2D eigenvalue weighted by atomic mass is 10.00. The van der Waals surface area contributed by atoms with Crippen LogP contribution in [0.25, 0.3) is 0 Å². The van der Waals surface area contributed by atoms with Crippen molar-refractivity contribution < 1.29 is 25.2 Å². The lowest BCUT2D eigenvalue weighted by molar-refractivity contribution is -0.132. The molecule has 0 aromatic rings. The Kier molecular flexibility index (Phi) is 25.5. The van der Waals surface area contributed by atoms with E-state index >= 15 is 0 Å². The Morgan fingerprint density at radius 2 is 1.22 bits per heavy atom. The molecule has 218 valence electrons. The van der Waals surface area contributed by atoms with Crippen molar-refractivity contribution in [2.45, 2.75) is 160 Å². The smallest absolute Gasteiger partial charge is 0.249 e. The second-order valence-electron chi connectivity index (χ2n) is 10.5. The number of hydrogen-bond acceptors (Lipinski definition) is 5. The molecule has 0 rings (SSSR count). The number of allylic oxidation sites excluding steroid dienone is 4. The lowest BCUT2D eigenvalue weighted by Gasteiger charge is -2.27. The number of hydrogen-bond donors (Lipinski definition) is 5. The van der Waals surface area contributed by atoms with Gasteiger partial charge in [0, 0.05) is 0 Å². The molecule has 0 bridgehead atoms. The zero-order chi connectivity index (χ0) is 27.6. The van der Waals surface area contributed by atoms with Crippen molar-refractivity contribution in [3.8, 4) is 0 Å². The first-order valence-electron chi connectivity index (χ1n) is 15.2. The molecule has 37 heavy (non-hydrogen) atoms. The predicted molar refractivity (Wildman–Crippen MR) is 154 cm³/mol. The number of carbonyl (C=O) groups excluding carboxylic acids is 1. The molecule has 4 atom stereocenters. The molecule has 0 saturated heterocycles. The van der Waals surface area contributed by atoms with E-state index in [1.54, 1.807) is 0 Å². The summed E-state index contributed by atoms with van der Waals surface area (Å²) in [6, 6.07) is -1.000. The Labute approximate surface area is 227 Å². The summed E-state index contributed by atoms with van der Waals surface area (Å²) in [6.07, 6.45) is 25.1. The van der Waals surface area contributed by atoms with E-state index < -0.39 is 36.9 Å². The van der Waals surface area contributed by atoms with Gasteiger partial charge in [-0.25, -0.2) is 0 Å². The van der Waals surface area contributed by atoms with Crippen LogP contribution in [0.3, 0.4) is 0 Å². The van der Waals surface area contributed by atoms with E-state index in [1.165, 1.54) is 64.2 Å². The van der Waals surface area contributed by atoms with Crippen LogP contribution in [-0.2, 0) is 4.79 Å². The van der Waals surface area contributed by atoms with Gasteiger partial charge in [0.15, 0.2) is 0 Å². The maximum Gasteiger partial charge on any atom is 0.249 e. The average Bonchev–Trinajstić information content (AvgIpc) is 2.90. The number of rotatable bonds is 26. The molecule has 0 aromatic carbocycles. The number of aliphatic hydroxyl groups excluding tert-OH is 4. The monoisotopic (exact) mass is 525 g/mol.